The van der Waals surface area contributed by atoms with Crippen LogP contribution in [0.3, 0.4) is 0 Å². The molecule has 110 valence electrons. The number of benzene rings is 1. The minimum atomic E-state index is 0.163. The summed E-state index contributed by atoms with van der Waals surface area (Å²) in [6, 6.07) is 14.3. The summed E-state index contributed by atoms with van der Waals surface area (Å²) < 4.78 is 0. The first-order chi connectivity index (χ1) is 10.9. The fraction of sp³-hybridized carbons (Fsp3) is 0.235. The summed E-state index contributed by atoms with van der Waals surface area (Å²) in [7, 11) is 0. The number of para-hydroxylation sites is 1. The summed E-state index contributed by atoms with van der Waals surface area (Å²) in [6.45, 7) is 2.66. The fourth-order valence-corrected chi connectivity index (χ4v) is 2.88. The third kappa shape index (κ3) is 2.40. The van der Waals surface area contributed by atoms with E-state index in [1.165, 1.54) is 0 Å². The minimum absolute atomic E-state index is 0.163. The Morgan fingerprint density at radius 2 is 1.95 bits per heavy atom. The molecule has 3 aromatic rings. The molecule has 22 heavy (non-hydrogen) atoms. The van der Waals surface area contributed by atoms with Crippen LogP contribution in [0.5, 0.6) is 0 Å². The molecule has 5 nitrogen and oxygen atoms in total. The zero-order valence-electron chi connectivity index (χ0n) is 12.2. The predicted octanol–water partition coefficient (Wildman–Crippen LogP) is 2.18. The third-order valence-corrected chi connectivity index (χ3v) is 4.01. The molecule has 1 fully saturated rings. The van der Waals surface area contributed by atoms with Crippen molar-refractivity contribution in [1.29, 1.82) is 0 Å². The summed E-state index contributed by atoms with van der Waals surface area (Å²) in [5, 5.41) is 4.50. The van der Waals surface area contributed by atoms with Crippen LogP contribution >= 0.6 is 0 Å². The summed E-state index contributed by atoms with van der Waals surface area (Å²) in [4.78, 5) is 16.0. The molecule has 1 aliphatic rings. The second-order valence-electron chi connectivity index (χ2n) is 5.40. The van der Waals surface area contributed by atoms with Gasteiger partial charge in [-0.3, -0.25) is 4.98 Å². The van der Waals surface area contributed by atoms with Gasteiger partial charge in [-0.05, 0) is 18.2 Å². The number of rotatable bonds is 2. The third-order valence-electron chi connectivity index (χ3n) is 4.01. The zero-order valence-corrected chi connectivity index (χ0v) is 12.2. The maximum atomic E-state index is 4.73. The molecule has 1 atom stereocenters. The topological polar surface area (TPSA) is 53.9 Å². The van der Waals surface area contributed by atoms with Crippen molar-refractivity contribution in [2.45, 2.75) is 6.04 Å². The predicted molar refractivity (Wildman–Crippen MR) is 86.7 cm³/mol. The summed E-state index contributed by atoms with van der Waals surface area (Å²) in [6.07, 6.45) is 3.73. The molecule has 0 amide bonds. The van der Waals surface area contributed by atoms with Crippen LogP contribution in [0.4, 0.5) is 5.95 Å². The van der Waals surface area contributed by atoms with Crippen LogP contribution < -0.4 is 10.2 Å². The summed E-state index contributed by atoms with van der Waals surface area (Å²) >= 11 is 0. The molecule has 5 heteroatoms. The minimum Gasteiger partial charge on any atom is -0.330 e. The van der Waals surface area contributed by atoms with Gasteiger partial charge in [0.1, 0.15) is 0 Å². The van der Waals surface area contributed by atoms with E-state index < -0.39 is 0 Å². The Morgan fingerprint density at radius 1 is 1.05 bits per heavy atom. The smallest absolute Gasteiger partial charge is 0.226 e. The van der Waals surface area contributed by atoms with E-state index in [2.05, 4.69) is 26.3 Å². The Balaban J connectivity index is 1.74. The van der Waals surface area contributed by atoms with Crippen LogP contribution in [0.1, 0.15) is 11.7 Å². The maximum absolute atomic E-state index is 4.73. The van der Waals surface area contributed by atoms with Crippen molar-refractivity contribution >= 4 is 16.9 Å². The van der Waals surface area contributed by atoms with Crippen LogP contribution in [0.2, 0.25) is 0 Å². The first-order valence-electron chi connectivity index (χ1n) is 7.52. The van der Waals surface area contributed by atoms with Crippen molar-refractivity contribution in [2.24, 2.45) is 0 Å². The van der Waals surface area contributed by atoms with Gasteiger partial charge < -0.3 is 10.2 Å². The summed E-state index contributed by atoms with van der Waals surface area (Å²) in [5.74, 6) is 0.774. The molecule has 0 aliphatic carbocycles. The average Bonchev–Trinajstić information content (AvgIpc) is 2.62. The van der Waals surface area contributed by atoms with Crippen molar-refractivity contribution in [2.75, 3.05) is 24.5 Å². The van der Waals surface area contributed by atoms with E-state index >= 15 is 0 Å². The first kappa shape index (κ1) is 13.2. The van der Waals surface area contributed by atoms with Crippen molar-refractivity contribution < 1.29 is 0 Å². The van der Waals surface area contributed by atoms with E-state index in [9.17, 15) is 0 Å². The number of pyridine rings is 1. The SMILES string of the molecule is c1ccc([C@@H]2CNCCN2c2ncc3ccccc3n2)nc1. The highest BCUT2D eigenvalue weighted by molar-refractivity contribution is 5.78. The highest BCUT2D eigenvalue weighted by Crippen LogP contribution is 2.25. The van der Waals surface area contributed by atoms with E-state index in [1.807, 2.05) is 48.8 Å². The van der Waals surface area contributed by atoms with Crippen molar-refractivity contribution in [3.63, 3.8) is 0 Å². The molecule has 1 N–H and O–H groups in total. The molecule has 0 spiro atoms. The normalized spacial score (nSPS) is 18.5. The Labute approximate surface area is 129 Å². The van der Waals surface area contributed by atoms with Gasteiger partial charge in [-0.2, -0.15) is 0 Å². The number of hydrogen-bond donors (Lipinski definition) is 1. The van der Waals surface area contributed by atoms with Gasteiger partial charge in [0, 0.05) is 37.4 Å². The molecule has 1 saturated heterocycles. The Hall–Kier alpha value is -2.53. The van der Waals surface area contributed by atoms with E-state index in [0.29, 0.717) is 0 Å². The van der Waals surface area contributed by atoms with Crippen LogP contribution in [-0.4, -0.2) is 34.6 Å². The number of nitrogens with zero attached hydrogens (tertiary/aromatic N) is 4. The Morgan fingerprint density at radius 3 is 2.86 bits per heavy atom. The van der Waals surface area contributed by atoms with Gasteiger partial charge in [0.05, 0.1) is 17.3 Å². The van der Waals surface area contributed by atoms with Gasteiger partial charge in [0.2, 0.25) is 5.95 Å². The second kappa shape index (κ2) is 5.69. The van der Waals surface area contributed by atoms with Crippen LogP contribution in [0, 0.1) is 0 Å². The zero-order chi connectivity index (χ0) is 14.8. The lowest BCUT2D eigenvalue weighted by Crippen LogP contribution is -2.47. The quantitative estimate of drug-likeness (QED) is 0.784. The summed E-state index contributed by atoms with van der Waals surface area (Å²) in [5.41, 5.74) is 2.03. The van der Waals surface area contributed by atoms with E-state index in [1.54, 1.807) is 0 Å². The molecule has 2 aromatic heterocycles. The molecule has 4 rings (SSSR count). The average molecular weight is 291 g/mol. The molecular formula is C17H17N5. The largest absolute Gasteiger partial charge is 0.330 e. The number of piperazine rings is 1. The van der Waals surface area contributed by atoms with Gasteiger partial charge >= 0.3 is 0 Å². The van der Waals surface area contributed by atoms with Crippen LogP contribution in [0.25, 0.3) is 10.9 Å². The Bertz CT molecular complexity index is 774. The van der Waals surface area contributed by atoms with E-state index in [0.717, 1.165) is 42.2 Å². The molecule has 1 aromatic carbocycles. The lowest BCUT2D eigenvalue weighted by Gasteiger charge is -2.35. The van der Waals surface area contributed by atoms with E-state index in [4.69, 9.17) is 4.98 Å². The standard InChI is InChI=1S/C17H17N5/c1-2-6-14-13(5-1)11-20-17(21-14)22-10-9-18-12-16(22)15-7-3-4-8-19-15/h1-8,11,16,18H,9-10,12H2/t16-/m0/s1. The van der Waals surface area contributed by atoms with Crippen molar-refractivity contribution in [3.8, 4) is 0 Å². The molecule has 0 radical (unpaired) electrons. The van der Waals surface area contributed by atoms with Gasteiger partial charge in [0.15, 0.2) is 0 Å². The maximum Gasteiger partial charge on any atom is 0.226 e. The monoisotopic (exact) mass is 291 g/mol. The van der Waals surface area contributed by atoms with Crippen molar-refractivity contribution in [3.05, 3.63) is 60.6 Å². The highest BCUT2D eigenvalue weighted by atomic mass is 15.3. The Kier molecular flexibility index (Phi) is 3.40. The lowest BCUT2D eigenvalue weighted by atomic mass is 10.1. The molecule has 0 saturated carbocycles. The van der Waals surface area contributed by atoms with Gasteiger partial charge in [-0.25, -0.2) is 9.97 Å². The number of nitrogens with one attached hydrogen (secondary N) is 1. The fourth-order valence-electron chi connectivity index (χ4n) is 2.88. The molecule has 0 bridgehead atoms. The second-order valence-corrected chi connectivity index (χ2v) is 5.40. The first-order valence-corrected chi connectivity index (χ1v) is 7.52. The van der Waals surface area contributed by atoms with Gasteiger partial charge in [-0.15, -0.1) is 0 Å². The van der Waals surface area contributed by atoms with E-state index in [-0.39, 0.29) is 6.04 Å². The van der Waals surface area contributed by atoms with Gasteiger partial charge in [0.25, 0.3) is 0 Å². The number of fused-ring (bicyclic) bond motifs is 1. The molecule has 0 unspecified atom stereocenters. The number of aromatic nitrogens is 3. The van der Waals surface area contributed by atoms with Gasteiger partial charge in [-0.1, -0.05) is 24.3 Å². The van der Waals surface area contributed by atoms with Crippen LogP contribution in [-0.2, 0) is 0 Å². The van der Waals surface area contributed by atoms with Crippen LogP contribution in [0.15, 0.2) is 54.9 Å². The lowest BCUT2D eigenvalue weighted by molar-refractivity contribution is 0.475. The number of hydrogen-bond acceptors (Lipinski definition) is 5. The van der Waals surface area contributed by atoms with Crippen molar-refractivity contribution in [1.82, 2.24) is 20.3 Å². The number of anilines is 1. The molecular weight excluding hydrogens is 274 g/mol. The molecule has 3 heterocycles. The highest BCUT2D eigenvalue weighted by Gasteiger charge is 2.26. The molecule has 1 aliphatic heterocycles.